The number of rotatable bonds is 0. The van der Waals surface area contributed by atoms with Crippen molar-refractivity contribution in [2.24, 2.45) is 0 Å². The summed E-state index contributed by atoms with van der Waals surface area (Å²) >= 11 is 0. The molecule has 1 rings (SSSR count). The monoisotopic (exact) mass is 130 g/mol. The molecule has 8 heavy (non-hydrogen) atoms. The third-order valence-electron chi connectivity index (χ3n) is 2.39. The van der Waals surface area contributed by atoms with E-state index in [0.717, 1.165) is 11.3 Å². The van der Waals surface area contributed by atoms with Crippen LogP contribution in [0, 0.1) is 0 Å². The standard InChI is InChI=1S/C7H15P/c1-6-4-5-7(2)8(6)3/h6-7H,4-5H2,1-3H3. The van der Waals surface area contributed by atoms with Gasteiger partial charge in [-0.1, -0.05) is 13.8 Å². The van der Waals surface area contributed by atoms with E-state index in [2.05, 4.69) is 20.5 Å². The van der Waals surface area contributed by atoms with Gasteiger partial charge >= 0.3 is 0 Å². The van der Waals surface area contributed by atoms with Gasteiger partial charge < -0.3 is 0 Å². The van der Waals surface area contributed by atoms with Crippen LogP contribution in [0.4, 0.5) is 0 Å². The summed E-state index contributed by atoms with van der Waals surface area (Å²) in [7, 11) is 0.413. The van der Waals surface area contributed by atoms with Crippen LogP contribution < -0.4 is 0 Å². The zero-order valence-corrected chi connectivity index (χ0v) is 6.91. The van der Waals surface area contributed by atoms with Gasteiger partial charge in [-0.3, -0.25) is 0 Å². The second-order valence-electron chi connectivity index (χ2n) is 2.94. The highest BCUT2D eigenvalue weighted by atomic mass is 31.1. The Morgan fingerprint density at radius 2 is 1.50 bits per heavy atom. The van der Waals surface area contributed by atoms with Crippen LogP contribution in [-0.2, 0) is 0 Å². The Morgan fingerprint density at radius 3 is 1.62 bits per heavy atom. The smallest absolute Gasteiger partial charge is 0.0237 e. The lowest BCUT2D eigenvalue weighted by Crippen LogP contribution is -1.92. The molecule has 2 unspecified atom stereocenters. The summed E-state index contributed by atoms with van der Waals surface area (Å²) < 4.78 is 0. The van der Waals surface area contributed by atoms with Gasteiger partial charge in [0.2, 0.25) is 0 Å². The highest BCUT2D eigenvalue weighted by molar-refractivity contribution is 7.58. The molecule has 0 saturated carbocycles. The van der Waals surface area contributed by atoms with Crippen LogP contribution in [0.2, 0.25) is 0 Å². The molecule has 1 heteroatoms. The van der Waals surface area contributed by atoms with Gasteiger partial charge in [-0.15, -0.1) is 7.92 Å². The third kappa shape index (κ3) is 1.05. The van der Waals surface area contributed by atoms with Crippen molar-refractivity contribution in [3.05, 3.63) is 0 Å². The van der Waals surface area contributed by atoms with E-state index in [-0.39, 0.29) is 0 Å². The van der Waals surface area contributed by atoms with Gasteiger partial charge in [0.05, 0.1) is 0 Å². The fourth-order valence-corrected chi connectivity index (χ4v) is 3.31. The first-order valence-electron chi connectivity index (χ1n) is 3.43. The Morgan fingerprint density at radius 1 is 1.12 bits per heavy atom. The minimum absolute atomic E-state index is 0.413. The van der Waals surface area contributed by atoms with Crippen LogP contribution in [0.15, 0.2) is 0 Å². The van der Waals surface area contributed by atoms with Gasteiger partial charge in [0.15, 0.2) is 0 Å². The van der Waals surface area contributed by atoms with Crippen molar-refractivity contribution in [3.8, 4) is 0 Å². The number of hydrogen-bond acceptors (Lipinski definition) is 0. The largest absolute Gasteiger partial charge is 0.104 e. The molecule has 1 aliphatic rings. The predicted octanol–water partition coefficient (Wildman–Crippen LogP) is 2.67. The maximum Gasteiger partial charge on any atom is -0.0237 e. The van der Waals surface area contributed by atoms with E-state index in [1.165, 1.54) is 12.8 Å². The van der Waals surface area contributed by atoms with Crippen molar-refractivity contribution in [1.82, 2.24) is 0 Å². The van der Waals surface area contributed by atoms with Crippen LogP contribution in [0.3, 0.4) is 0 Å². The van der Waals surface area contributed by atoms with Crippen molar-refractivity contribution in [1.29, 1.82) is 0 Å². The van der Waals surface area contributed by atoms with Crippen molar-refractivity contribution in [2.75, 3.05) is 6.66 Å². The van der Waals surface area contributed by atoms with Gasteiger partial charge in [-0.25, -0.2) is 0 Å². The molecule has 48 valence electrons. The molecule has 0 amide bonds. The Bertz CT molecular complexity index is 70.5. The first kappa shape index (κ1) is 6.55. The van der Waals surface area contributed by atoms with Crippen molar-refractivity contribution in [3.63, 3.8) is 0 Å². The van der Waals surface area contributed by atoms with Crippen molar-refractivity contribution in [2.45, 2.75) is 38.0 Å². The minimum atomic E-state index is 0.413. The fraction of sp³-hybridized carbons (Fsp3) is 1.00. The fourth-order valence-electron chi connectivity index (χ4n) is 1.32. The molecule has 0 aromatic heterocycles. The summed E-state index contributed by atoms with van der Waals surface area (Å²) in [6, 6.07) is 0. The SMILES string of the molecule is CC1CCC(C)P1C. The summed E-state index contributed by atoms with van der Waals surface area (Å²) in [6.07, 6.45) is 2.98. The lowest BCUT2D eigenvalue weighted by Gasteiger charge is -2.13. The molecular weight excluding hydrogens is 115 g/mol. The van der Waals surface area contributed by atoms with Crippen molar-refractivity contribution >= 4 is 7.92 Å². The second kappa shape index (κ2) is 2.35. The Hall–Kier alpha value is 0.430. The normalized spacial score (nSPS) is 47.6. The molecule has 1 heterocycles. The summed E-state index contributed by atoms with van der Waals surface area (Å²) in [6.45, 7) is 7.24. The zero-order chi connectivity index (χ0) is 6.15. The Balaban J connectivity index is 2.44. The van der Waals surface area contributed by atoms with E-state index in [1.54, 1.807) is 0 Å². The Labute approximate surface area is 53.4 Å². The van der Waals surface area contributed by atoms with Crippen LogP contribution >= 0.6 is 7.92 Å². The highest BCUT2D eigenvalue weighted by Gasteiger charge is 2.24. The van der Waals surface area contributed by atoms with Gasteiger partial charge in [-0.05, 0) is 30.8 Å². The molecule has 1 fully saturated rings. The lowest BCUT2D eigenvalue weighted by atomic mass is 10.2. The molecule has 0 nitrogen and oxygen atoms in total. The molecule has 0 aromatic rings. The lowest BCUT2D eigenvalue weighted by molar-refractivity contribution is 0.777. The van der Waals surface area contributed by atoms with E-state index >= 15 is 0 Å². The Kier molecular flexibility index (Phi) is 1.92. The summed E-state index contributed by atoms with van der Waals surface area (Å²) in [5, 5.41) is 0. The number of hydrogen-bond donors (Lipinski definition) is 0. The summed E-state index contributed by atoms with van der Waals surface area (Å²) in [5.41, 5.74) is 2.11. The maximum absolute atomic E-state index is 2.44. The minimum Gasteiger partial charge on any atom is -0.104 e. The molecule has 0 spiro atoms. The van der Waals surface area contributed by atoms with Gasteiger partial charge in [0.25, 0.3) is 0 Å². The quantitative estimate of drug-likeness (QED) is 0.442. The van der Waals surface area contributed by atoms with E-state index in [9.17, 15) is 0 Å². The van der Waals surface area contributed by atoms with Crippen LogP contribution in [0.25, 0.3) is 0 Å². The van der Waals surface area contributed by atoms with E-state index in [1.807, 2.05) is 0 Å². The molecule has 0 aromatic carbocycles. The van der Waals surface area contributed by atoms with E-state index in [4.69, 9.17) is 0 Å². The van der Waals surface area contributed by atoms with Gasteiger partial charge in [0.1, 0.15) is 0 Å². The van der Waals surface area contributed by atoms with Crippen LogP contribution in [0.5, 0.6) is 0 Å². The molecule has 0 bridgehead atoms. The first-order chi connectivity index (χ1) is 3.72. The van der Waals surface area contributed by atoms with Gasteiger partial charge in [-0.2, -0.15) is 0 Å². The topological polar surface area (TPSA) is 0 Å². The zero-order valence-electron chi connectivity index (χ0n) is 6.02. The third-order valence-corrected chi connectivity index (χ3v) is 5.69. The van der Waals surface area contributed by atoms with E-state index < -0.39 is 0 Å². The van der Waals surface area contributed by atoms with Crippen LogP contribution in [-0.4, -0.2) is 18.0 Å². The molecule has 0 aliphatic carbocycles. The molecule has 1 saturated heterocycles. The predicted molar refractivity (Wildman–Crippen MR) is 41.0 cm³/mol. The average Bonchev–Trinajstić information content (AvgIpc) is 1.98. The highest BCUT2D eigenvalue weighted by Crippen LogP contribution is 2.51. The van der Waals surface area contributed by atoms with Crippen LogP contribution in [0.1, 0.15) is 26.7 Å². The molecule has 2 atom stereocenters. The van der Waals surface area contributed by atoms with Crippen molar-refractivity contribution < 1.29 is 0 Å². The average molecular weight is 130 g/mol. The van der Waals surface area contributed by atoms with E-state index in [0.29, 0.717) is 7.92 Å². The molecular formula is C7H15P. The second-order valence-corrected chi connectivity index (χ2v) is 6.03. The molecule has 1 aliphatic heterocycles. The molecule has 0 N–H and O–H groups in total. The first-order valence-corrected chi connectivity index (χ1v) is 5.36. The van der Waals surface area contributed by atoms with Gasteiger partial charge in [0, 0.05) is 0 Å². The summed E-state index contributed by atoms with van der Waals surface area (Å²) in [5.74, 6) is 0. The molecule has 0 radical (unpaired) electrons. The summed E-state index contributed by atoms with van der Waals surface area (Å²) in [4.78, 5) is 0. The maximum atomic E-state index is 2.44.